The van der Waals surface area contributed by atoms with Crippen LogP contribution in [-0.4, -0.2) is 18.4 Å². The number of hydrogen-bond donors (Lipinski definition) is 0. The molecule has 1 aromatic rings. The van der Waals surface area contributed by atoms with Crippen LogP contribution in [-0.2, 0) is 0 Å². The van der Waals surface area contributed by atoms with Gasteiger partial charge in [0.25, 0.3) is 0 Å². The van der Waals surface area contributed by atoms with Crippen molar-refractivity contribution in [3.8, 4) is 0 Å². The monoisotopic (exact) mass is 272 g/mol. The first-order valence-electron chi connectivity index (χ1n) is 4.54. The van der Waals surface area contributed by atoms with E-state index in [2.05, 4.69) is 52.0 Å². The van der Waals surface area contributed by atoms with E-state index >= 15 is 0 Å². The molecular weight excluding hydrogens is 260 g/mol. The van der Waals surface area contributed by atoms with Crippen LogP contribution in [0.5, 0.6) is 0 Å². The molecule has 76 valence electrons. The Kier molecular flexibility index (Phi) is 2.43. The maximum atomic E-state index is 4.37. The highest BCUT2D eigenvalue weighted by atomic mass is 79.9. The van der Waals surface area contributed by atoms with Gasteiger partial charge in [0.1, 0.15) is 6.67 Å². The zero-order valence-electron chi connectivity index (χ0n) is 8.54. The Labute approximate surface area is 96.8 Å². The minimum absolute atomic E-state index is 0.121. The molecule has 0 bridgehead atoms. The average Bonchev–Trinajstić information content (AvgIpc) is 2.46. The third-order valence-corrected chi connectivity index (χ3v) is 4.07. The summed E-state index contributed by atoms with van der Waals surface area (Å²) in [7, 11) is 0. The van der Waals surface area contributed by atoms with Crippen molar-refractivity contribution in [3.63, 3.8) is 0 Å². The molecule has 0 aliphatic carbocycles. The Morgan fingerprint density at radius 3 is 2.86 bits per heavy atom. The van der Waals surface area contributed by atoms with Gasteiger partial charge in [-0.05, 0) is 36.7 Å². The van der Waals surface area contributed by atoms with Crippen molar-refractivity contribution in [1.29, 1.82) is 0 Å². The van der Waals surface area contributed by atoms with Crippen LogP contribution >= 0.6 is 27.3 Å². The van der Waals surface area contributed by atoms with Gasteiger partial charge in [0.2, 0.25) is 0 Å². The fourth-order valence-electron chi connectivity index (χ4n) is 1.52. The molecule has 0 saturated carbocycles. The van der Waals surface area contributed by atoms with Gasteiger partial charge < -0.3 is 4.90 Å². The quantitative estimate of drug-likeness (QED) is 0.706. The average molecular weight is 273 g/mol. The summed E-state index contributed by atoms with van der Waals surface area (Å²) in [4.78, 5) is 7.94. The Hall–Kier alpha value is -0.350. The molecule has 0 aromatic carbocycles. The van der Waals surface area contributed by atoms with E-state index in [0.29, 0.717) is 0 Å². The van der Waals surface area contributed by atoms with Gasteiger partial charge in [-0.15, -0.1) is 11.3 Å². The summed E-state index contributed by atoms with van der Waals surface area (Å²) in [6, 6.07) is 0. The van der Waals surface area contributed by atoms with Crippen molar-refractivity contribution in [1.82, 2.24) is 0 Å². The summed E-state index contributed by atoms with van der Waals surface area (Å²) in [5.41, 5.74) is 1.41. The van der Waals surface area contributed by atoms with Gasteiger partial charge in [-0.2, -0.15) is 0 Å². The molecule has 0 fully saturated rings. The van der Waals surface area contributed by atoms with Gasteiger partial charge in [-0.3, -0.25) is 4.99 Å². The lowest BCUT2D eigenvalue weighted by Gasteiger charge is -2.38. The van der Waals surface area contributed by atoms with E-state index in [1.165, 1.54) is 15.0 Å². The van der Waals surface area contributed by atoms with Crippen molar-refractivity contribution in [2.24, 2.45) is 4.99 Å². The maximum Gasteiger partial charge on any atom is 0.110 e. The molecule has 0 amide bonds. The van der Waals surface area contributed by atoms with Crippen molar-refractivity contribution in [2.45, 2.75) is 26.3 Å². The van der Waals surface area contributed by atoms with E-state index in [4.69, 9.17) is 0 Å². The summed E-state index contributed by atoms with van der Waals surface area (Å²) >= 11 is 5.33. The zero-order chi connectivity index (χ0) is 10.3. The highest BCUT2D eigenvalue weighted by Gasteiger charge is 2.27. The summed E-state index contributed by atoms with van der Waals surface area (Å²) in [6.07, 6.45) is 1.97. The molecule has 4 heteroatoms. The van der Waals surface area contributed by atoms with E-state index in [0.717, 1.165) is 6.67 Å². The second-order valence-corrected chi connectivity index (χ2v) is 6.11. The van der Waals surface area contributed by atoms with Crippen LogP contribution < -0.4 is 4.90 Å². The molecule has 14 heavy (non-hydrogen) atoms. The van der Waals surface area contributed by atoms with Crippen molar-refractivity contribution < 1.29 is 0 Å². The second-order valence-electron chi connectivity index (χ2n) is 4.35. The first kappa shape index (κ1) is 10.2. The predicted octanol–water partition coefficient (Wildman–Crippen LogP) is 3.51. The van der Waals surface area contributed by atoms with Crippen LogP contribution in [0.15, 0.2) is 14.8 Å². The zero-order valence-corrected chi connectivity index (χ0v) is 10.9. The molecule has 1 aliphatic rings. The van der Waals surface area contributed by atoms with E-state index in [1.54, 1.807) is 11.3 Å². The minimum Gasteiger partial charge on any atom is -0.345 e. The molecule has 0 atom stereocenters. The standard InChI is InChI=1S/C10H13BrN2S/c1-10(2,3)13-6-12-4-8-9(13)7(11)5-14-8/h4-5H,6H2,1-3H3. The number of anilines is 1. The second kappa shape index (κ2) is 3.35. The molecule has 2 rings (SSSR count). The van der Waals surface area contributed by atoms with Gasteiger partial charge in [-0.1, -0.05) is 0 Å². The number of nitrogens with zero attached hydrogens (tertiary/aromatic N) is 2. The molecule has 0 unspecified atom stereocenters. The van der Waals surface area contributed by atoms with Crippen LogP contribution in [0.3, 0.4) is 0 Å². The largest absolute Gasteiger partial charge is 0.345 e. The van der Waals surface area contributed by atoms with Crippen molar-refractivity contribution in [2.75, 3.05) is 11.6 Å². The van der Waals surface area contributed by atoms with Crippen molar-refractivity contribution in [3.05, 3.63) is 14.7 Å². The Bertz CT molecular complexity index is 376. The number of aliphatic imine (C=N–C) groups is 1. The first-order valence-corrected chi connectivity index (χ1v) is 6.22. The number of fused-ring (bicyclic) bond motifs is 1. The summed E-state index contributed by atoms with van der Waals surface area (Å²) in [6.45, 7) is 7.39. The highest BCUT2D eigenvalue weighted by molar-refractivity contribution is 9.10. The first-order chi connectivity index (χ1) is 6.50. The Morgan fingerprint density at radius 1 is 1.50 bits per heavy atom. The lowest BCUT2D eigenvalue weighted by molar-refractivity contribution is 0.507. The summed E-state index contributed by atoms with van der Waals surface area (Å²) < 4.78 is 1.18. The molecule has 2 heterocycles. The molecule has 2 nitrogen and oxygen atoms in total. The van der Waals surface area contributed by atoms with Gasteiger partial charge >= 0.3 is 0 Å². The number of halogens is 1. The van der Waals surface area contributed by atoms with Crippen LogP contribution in [0.2, 0.25) is 0 Å². The minimum atomic E-state index is 0.121. The van der Waals surface area contributed by atoms with Gasteiger partial charge in [0, 0.05) is 17.1 Å². The number of rotatable bonds is 0. The Balaban J connectivity index is 2.49. The molecule has 1 aromatic heterocycles. The van der Waals surface area contributed by atoms with E-state index < -0.39 is 0 Å². The fraction of sp³-hybridized carbons (Fsp3) is 0.500. The molecule has 1 aliphatic heterocycles. The normalized spacial score (nSPS) is 15.9. The number of hydrogen-bond acceptors (Lipinski definition) is 3. The third kappa shape index (κ3) is 1.61. The molecule has 0 saturated heterocycles. The SMILES string of the molecule is CC(C)(C)N1CN=Cc2scc(Br)c21. The smallest absolute Gasteiger partial charge is 0.110 e. The maximum absolute atomic E-state index is 4.37. The fourth-order valence-corrected chi connectivity index (χ4v) is 3.17. The van der Waals surface area contributed by atoms with Gasteiger partial charge in [0.15, 0.2) is 0 Å². The topological polar surface area (TPSA) is 15.6 Å². The lowest BCUT2D eigenvalue weighted by Crippen LogP contribution is -2.43. The van der Waals surface area contributed by atoms with E-state index in [9.17, 15) is 0 Å². The van der Waals surface area contributed by atoms with E-state index in [1.807, 2.05) is 6.21 Å². The molecule has 0 N–H and O–H groups in total. The predicted molar refractivity (Wildman–Crippen MR) is 66.7 cm³/mol. The Morgan fingerprint density at radius 2 is 2.21 bits per heavy atom. The summed E-state index contributed by atoms with van der Waals surface area (Å²) in [5.74, 6) is 0. The lowest BCUT2D eigenvalue weighted by atomic mass is 10.1. The molecular formula is C10H13BrN2S. The molecule has 0 spiro atoms. The van der Waals surface area contributed by atoms with E-state index in [-0.39, 0.29) is 5.54 Å². The van der Waals surface area contributed by atoms with Crippen molar-refractivity contribution >= 4 is 39.2 Å². The number of thiophene rings is 1. The molecule has 0 radical (unpaired) electrons. The van der Waals surface area contributed by atoms with Gasteiger partial charge in [-0.25, -0.2) is 0 Å². The van der Waals surface area contributed by atoms with Crippen LogP contribution in [0, 0.1) is 0 Å². The van der Waals surface area contributed by atoms with Crippen LogP contribution in [0.1, 0.15) is 25.6 Å². The highest BCUT2D eigenvalue weighted by Crippen LogP contribution is 2.39. The van der Waals surface area contributed by atoms with Gasteiger partial charge in [0.05, 0.1) is 15.0 Å². The summed E-state index contributed by atoms with van der Waals surface area (Å²) in [5, 5.41) is 2.13. The third-order valence-electron chi connectivity index (χ3n) is 2.26. The van der Waals surface area contributed by atoms with Crippen LogP contribution in [0.25, 0.3) is 0 Å². The van der Waals surface area contributed by atoms with Crippen LogP contribution in [0.4, 0.5) is 5.69 Å².